The molecular formula is C15H24N2O2S. The molecule has 0 radical (unpaired) electrons. The summed E-state index contributed by atoms with van der Waals surface area (Å²) >= 11 is 0. The lowest BCUT2D eigenvalue weighted by molar-refractivity contribution is 0.402. The third-order valence-corrected chi connectivity index (χ3v) is 5.44. The van der Waals surface area contributed by atoms with Crippen LogP contribution in [0.1, 0.15) is 24.8 Å². The predicted octanol–water partition coefficient (Wildman–Crippen LogP) is 2.13. The Morgan fingerprint density at radius 2 is 2.05 bits per heavy atom. The fraction of sp³-hybridized carbons (Fsp3) is 0.600. The van der Waals surface area contributed by atoms with Crippen LogP contribution in [0.25, 0.3) is 0 Å². The van der Waals surface area contributed by atoms with Crippen molar-refractivity contribution in [1.82, 2.24) is 4.90 Å². The van der Waals surface area contributed by atoms with Gasteiger partial charge in [-0.1, -0.05) is 12.1 Å². The van der Waals surface area contributed by atoms with Gasteiger partial charge in [0.2, 0.25) is 0 Å². The summed E-state index contributed by atoms with van der Waals surface area (Å²) in [5.41, 5.74) is 2.25. The zero-order valence-electron chi connectivity index (χ0n) is 12.5. The fourth-order valence-electron chi connectivity index (χ4n) is 2.94. The smallest absolute Gasteiger partial charge is 0.152 e. The molecule has 0 spiro atoms. The van der Waals surface area contributed by atoms with Gasteiger partial charge < -0.3 is 10.2 Å². The lowest BCUT2D eigenvalue weighted by Crippen LogP contribution is -2.34. The van der Waals surface area contributed by atoms with Crippen LogP contribution in [0.15, 0.2) is 24.3 Å². The first-order chi connectivity index (χ1) is 9.36. The Labute approximate surface area is 122 Å². The van der Waals surface area contributed by atoms with Gasteiger partial charge in [-0.15, -0.1) is 0 Å². The van der Waals surface area contributed by atoms with E-state index in [1.165, 1.54) is 11.8 Å². The number of hydrogen-bond donors (Lipinski definition) is 1. The zero-order valence-corrected chi connectivity index (χ0v) is 13.3. The Morgan fingerprint density at radius 1 is 1.30 bits per heavy atom. The van der Waals surface area contributed by atoms with E-state index in [0.29, 0.717) is 0 Å². The molecule has 1 aromatic carbocycles. The maximum Gasteiger partial charge on any atom is 0.152 e. The second-order valence-corrected chi connectivity index (χ2v) is 8.25. The molecule has 0 heterocycles. The van der Waals surface area contributed by atoms with Gasteiger partial charge in [-0.3, -0.25) is 0 Å². The monoisotopic (exact) mass is 296 g/mol. The van der Waals surface area contributed by atoms with E-state index in [1.807, 2.05) is 26.2 Å². The molecule has 2 unspecified atom stereocenters. The molecule has 1 aliphatic rings. The first kappa shape index (κ1) is 15.3. The summed E-state index contributed by atoms with van der Waals surface area (Å²) in [6, 6.07) is 8.27. The lowest BCUT2D eigenvalue weighted by Gasteiger charge is -2.21. The van der Waals surface area contributed by atoms with Gasteiger partial charge in [-0.2, -0.15) is 0 Å². The van der Waals surface area contributed by atoms with Gasteiger partial charge in [0.15, 0.2) is 9.84 Å². The highest BCUT2D eigenvalue weighted by atomic mass is 32.2. The highest BCUT2D eigenvalue weighted by Gasteiger charge is 2.34. The van der Waals surface area contributed by atoms with Crippen LogP contribution in [-0.2, 0) is 16.4 Å². The van der Waals surface area contributed by atoms with Crippen molar-refractivity contribution in [2.75, 3.05) is 25.7 Å². The van der Waals surface area contributed by atoms with E-state index in [9.17, 15) is 8.42 Å². The summed E-state index contributed by atoms with van der Waals surface area (Å²) in [7, 11) is 1.11. The van der Waals surface area contributed by atoms with Gasteiger partial charge >= 0.3 is 0 Å². The van der Waals surface area contributed by atoms with Crippen molar-refractivity contribution in [3.8, 4) is 0 Å². The van der Waals surface area contributed by atoms with Crippen LogP contribution >= 0.6 is 0 Å². The lowest BCUT2D eigenvalue weighted by atomic mass is 10.1. The summed E-state index contributed by atoms with van der Waals surface area (Å²) in [4.78, 5) is 2.12. The molecule has 112 valence electrons. The predicted molar refractivity (Wildman–Crippen MR) is 83.7 cm³/mol. The van der Waals surface area contributed by atoms with Crippen LogP contribution in [0.2, 0.25) is 0 Å². The molecule has 0 aromatic heterocycles. The average molecular weight is 296 g/mol. The van der Waals surface area contributed by atoms with Crippen LogP contribution in [0, 0.1) is 0 Å². The Balaban J connectivity index is 2.10. The van der Waals surface area contributed by atoms with Crippen LogP contribution in [0.5, 0.6) is 0 Å². The molecule has 0 bridgehead atoms. The minimum absolute atomic E-state index is 0.0413. The summed E-state index contributed by atoms with van der Waals surface area (Å²) < 4.78 is 23.6. The SMILES string of the molecule is CN(C)Cc1cccc(NC2CCCC2S(C)(=O)=O)c1. The second-order valence-electron chi connectivity index (χ2n) is 5.99. The molecule has 1 fully saturated rings. The summed E-state index contributed by atoms with van der Waals surface area (Å²) in [5.74, 6) is 0. The largest absolute Gasteiger partial charge is 0.381 e. The van der Waals surface area contributed by atoms with Crippen LogP contribution in [-0.4, -0.2) is 45.0 Å². The van der Waals surface area contributed by atoms with E-state index in [-0.39, 0.29) is 11.3 Å². The Hall–Kier alpha value is -1.07. The molecule has 0 aliphatic heterocycles. The molecule has 1 saturated carbocycles. The van der Waals surface area contributed by atoms with Gasteiger partial charge in [0.05, 0.1) is 5.25 Å². The van der Waals surface area contributed by atoms with Crippen LogP contribution in [0.4, 0.5) is 5.69 Å². The molecule has 1 aliphatic carbocycles. The first-order valence-corrected chi connectivity index (χ1v) is 9.01. The third-order valence-electron chi connectivity index (χ3n) is 3.78. The van der Waals surface area contributed by atoms with Crippen molar-refractivity contribution in [3.05, 3.63) is 29.8 Å². The van der Waals surface area contributed by atoms with E-state index in [0.717, 1.165) is 31.5 Å². The number of nitrogens with one attached hydrogen (secondary N) is 1. The van der Waals surface area contributed by atoms with E-state index in [1.54, 1.807) is 0 Å². The minimum atomic E-state index is -2.97. The van der Waals surface area contributed by atoms with Gasteiger partial charge in [-0.05, 0) is 51.1 Å². The van der Waals surface area contributed by atoms with E-state index in [4.69, 9.17) is 0 Å². The molecule has 0 saturated heterocycles. The van der Waals surface area contributed by atoms with Crippen molar-refractivity contribution in [3.63, 3.8) is 0 Å². The number of nitrogens with zero attached hydrogens (tertiary/aromatic N) is 1. The summed E-state index contributed by atoms with van der Waals surface area (Å²) in [6.07, 6.45) is 4.02. The molecule has 1 aromatic rings. The van der Waals surface area contributed by atoms with Gasteiger partial charge in [0.25, 0.3) is 0 Å². The van der Waals surface area contributed by atoms with Crippen LogP contribution < -0.4 is 5.32 Å². The molecule has 2 atom stereocenters. The molecule has 0 amide bonds. The van der Waals surface area contributed by atoms with E-state index in [2.05, 4.69) is 22.3 Å². The zero-order chi connectivity index (χ0) is 14.8. The maximum atomic E-state index is 11.8. The van der Waals surface area contributed by atoms with Crippen molar-refractivity contribution in [1.29, 1.82) is 0 Å². The first-order valence-electron chi connectivity index (χ1n) is 7.05. The van der Waals surface area contributed by atoms with Crippen molar-refractivity contribution in [2.24, 2.45) is 0 Å². The summed E-state index contributed by atoms with van der Waals surface area (Å²) in [6.45, 7) is 0.885. The number of hydrogen-bond acceptors (Lipinski definition) is 4. The Kier molecular flexibility index (Phi) is 4.70. The van der Waals surface area contributed by atoms with Crippen molar-refractivity contribution < 1.29 is 8.42 Å². The average Bonchev–Trinajstić information content (AvgIpc) is 2.76. The maximum absolute atomic E-state index is 11.8. The highest BCUT2D eigenvalue weighted by molar-refractivity contribution is 7.91. The van der Waals surface area contributed by atoms with Gasteiger partial charge in [0.1, 0.15) is 0 Å². The number of anilines is 1. The normalized spacial score (nSPS) is 23.2. The number of benzene rings is 1. The molecular weight excluding hydrogens is 272 g/mol. The van der Waals surface area contributed by atoms with Crippen LogP contribution in [0.3, 0.4) is 0 Å². The fourth-order valence-corrected chi connectivity index (χ4v) is 4.34. The standard InChI is InChI=1S/C15H24N2O2S/c1-17(2)11-12-6-4-7-13(10-12)16-14-8-5-9-15(14)20(3,18)19/h4,6-7,10,14-16H,5,8-9,11H2,1-3H3. The topological polar surface area (TPSA) is 49.4 Å². The Bertz CT molecular complexity index is 555. The van der Waals surface area contributed by atoms with E-state index < -0.39 is 9.84 Å². The quantitative estimate of drug-likeness (QED) is 0.904. The third kappa shape index (κ3) is 3.96. The van der Waals surface area contributed by atoms with Crippen molar-refractivity contribution >= 4 is 15.5 Å². The Morgan fingerprint density at radius 3 is 2.70 bits per heavy atom. The molecule has 4 nitrogen and oxygen atoms in total. The molecule has 5 heteroatoms. The van der Waals surface area contributed by atoms with Gasteiger partial charge in [-0.25, -0.2) is 8.42 Å². The highest BCUT2D eigenvalue weighted by Crippen LogP contribution is 2.28. The number of rotatable bonds is 5. The molecule has 1 N–H and O–H groups in total. The summed E-state index contributed by atoms with van der Waals surface area (Å²) in [5, 5.41) is 3.16. The van der Waals surface area contributed by atoms with Gasteiger partial charge in [0, 0.05) is 24.5 Å². The van der Waals surface area contributed by atoms with E-state index >= 15 is 0 Å². The molecule has 2 rings (SSSR count). The minimum Gasteiger partial charge on any atom is -0.381 e. The molecule has 20 heavy (non-hydrogen) atoms. The second kappa shape index (κ2) is 6.14. The van der Waals surface area contributed by atoms with Crippen molar-refractivity contribution in [2.45, 2.75) is 37.1 Å². The number of sulfone groups is 1.